The molecule has 1 aromatic rings. The van der Waals surface area contributed by atoms with E-state index in [0.717, 1.165) is 25.1 Å². The van der Waals surface area contributed by atoms with Crippen LogP contribution in [0.25, 0.3) is 0 Å². The van der Waals surface area contributed by atoms with Crippen molar-refractivity contribution in [3.63, 3.8) is 0 Å². The van der Waals surface area contributed by atoms with Gasteiger partial charge in [-0.05, 0) is 25.0 Å². The van der Waals surface area contributed by atoms with E-state index in [9.17, 15) is 4.79 Å². The zero-order chi connectivity index (χ0) is 11.4. The Morgan fingerprint density at radius 1 is 1.56 bits per heavy atom. The van der Waals surface area contributed by atoms with E-state index in [0.29, 0.717) is 12.6 Å². The second kappa shape index (κ2) is 4.83. The molecule has 1 atom stereocenters. The van der Waals surface area contributed by atoms with Crippen LogP contribution in [0.5, 0.6) is 0 Å². The van der Waals surface area contributed by atoms with Gasteiger partial charge in [0.25, 0.3) is 0 Å². The first kappa shape index (κ1) is 10.7. The Bertz CT molecular complexity index is 354. The van der Waals surface area contributed by atoms with Crippen molar-refractivity contribution in [3.8, 4) is 0 Å². The number of carbonyl (C=O) groups excluding carboxylic acids is 1. The number of urea groups is 1. The molecule has 0 unspecified atom stereocenters. The predicted molar refractivity (Wildman–Crippen MR) is 62.2 cm³/mol. The Kier molecular flexibility index (Phi) is 3.24. The third kappa shape index (κ3) is 2.42. The first-order chi connectivity index (χ1) is 7.77. The molecule has 0 aromatic carbocycles. The number of primary amides is 1. The third-order valence-electron chi connectivity index (χ3n) is 2.88. The van der Waals surface area contributed by atoms with Crippen molar-refractivity contribution < 1.29 is 4.79 Å². The number of carbonyl (C=O) groups is 1. The van der Waals surface area contributed by atoms with Gasteiger partial charge in [-0.15, -0.1) is 0 Å². The van der Waals surface area contributed by atoms with Gasteiger partial charge >= 0.3 is 6.03 Å². The highest BCUT2D eigenvalue weighted by Gasteiger charge is 2.24. The minimum atomic E-state index is -0.457. The molecular formula is C11H16N4O. The van der Waals surface area contributed by atoms with E-state index in [1.807, 2.05) is 12.1 Å². The van der Waals surface area contributed by atoms with Gasteiger partial charge in [-0.25, -0.2) is 4.79 Å². The molecule has 16 heavy (non-hydrogen) atoms. The molecule has 0 spiro atoms. The van der Waals surface area contributed by atoms with Crippen LogP contribution < -0.4 is 16.0 Å². The molecule has 0 radical (unpaired) electrons. The molecule has 3 N–H and O–H groups in total. The minimum absolute atomic E-state index is 0.342. The van der Waals surface area contributed by atoms with Crippen LogP contribution in [0.3, 0.4) is 0 Å². The third-order valence-corrected chi connectivity index (χ3v) is 2.88. The Balaban J connectivity index is 2.01. The summed E-state index contributed by atoms with van der Waals surface area (Å²) in [6.45, 7) is 1.63. The van der Waals surface area contributed by atoms with Gasteiger partial charge in [0.05, 0.1) is 0 Å². The van der Waals surface area contributed by atoms with Crippen LogP contribution >= 0.6 is 0 Å². The van der Waals surface area contributed by atoms with Gasteiger partial charge in [0.2, 0.25) is 0 Å². The summed E-state index contributed by atoms with van der Waals surface area (Å²) >= 11 is 0. The van der Waals surface area contributed by atoms with E-state index in [2.05, 4.69) is 15.2 Å². The fourth-order valence-electron chi connectivity index (χ4n) is 2.14. The highest BCUT2D eigenvalue weighted by Crippen LogP contribution is 2.24. The number of anilines is 1. The number of aromatic nitrogens is 1. The van der Waals surface area contributed by atoms with E-state index >= 15 is 0 Å². The molecule has 5 heteroatoms. The fourth-order valence-corrected chi connectivity index (χ4v) is 2.14. The van der Waals surface area contributed by atoms with Gasteiger partial charge in [0, 0.05) is 37.2 Å². The number of amides is 2. The van der Waals surface area contributed by atoms with Crippen molar-refractivity contribution in [2.24, 2.45) is 5.73 Å². The van der Waals surface area contributed by atoms with Crippen LogP contribution in [0.2, 0.25) is 0 Å². The summed E-state index contributed by atoms with van der Waals surface area (Å²) in [5.74, 6) is 0. The molecule has 1 aliphatic rings. The molecular weight excluding hydrogens is 204 g/mol. The summed E-state index contributed by atoms with van der Waals surface area (Å²) < 4.78 is 0. The predicted octanol–water partition coefficient (Wildman–Crippen LogP) is 0.719. The summed E-state index contributed by atoms with van der Waals surface area (Å²) in [4.78, 5) is 17.0. The van der Waals surface area contributed by atoms with Gasteiger partial charge in [-0.1, -0.05) is 0 Å². The van der Waals surface area contributed by atoms with E-state index in [-0.39, 0.29) is 0 Å². The topological polar surface area (TPSA) is 71.2 Å². The number of rotatable bonds is 3. The molecule has 0 aliphatic carbocycles. The monoisotopic (exact) mass is 220 g/mol. The molecule has 5 nitrogen and oxygen atoms in total. The molecule has 1 saturated heterocycles. The second-order valence-corrected chi connectivity index (χ2v) is 3.94. The Morgan fingerprint density at radius 3 is 3.00 bits per heavy atom. The summed E-state index contributed by atoms with van der Waals surface area (Å²) in [5.41, 5.74) is 6.23. The normalized spacial score (nSPS) is 19.8. The molecule has 1 aromatic heterocycles. The van der Waals surface area contributed by atoms with E-state index in [1.54, 1.807) is 12.4 Å². The lowest BCUT2D eigenvalue weighted by Gasteiger charge is -2.26. The highest BCUT2D eigenvalue weighted by molar-refractivity contribution is 5.71. The van der Waals surface area contributed by atoms with Crippen LogP contribution in [-0.2, 0) is 0 Å². The maximum absolute atomic E-state index is 10.7. The highest BCUT2D eigenvalue weighted by atomic mass is 16.2. The first-order valence-corrected chi connectivity index (χ1v) is 5.47. The maximum Gasteiger partial charge on any atom is 0.312 e. The average Bonchev–Trinajstić information content (AvgIpc) is 2.75. The number of nitrogens with two attached hydrogens (primary N) is 1. The number of pyridine rings is 1. The van der Waals surface area contributed by atoms with Crippen molar-refractivity contribution in [1.29, 1.82) is 0 Å². The summed E-state index contributed by atoms with van der Waals surface area (Å²) in [7, 11) is 0. The molecule has 0 bridgehead atoms. The number of nitrogens with one attached hydrogen (secondary N) is 1. The Labute approximate surface area is 94.6 Å². The van der Waals surface area contributed by atoms with E-state index in [1.165, 1.54) is 0 Å². The molecule has 2 heterocycles. The largest absolute Gasteiger partial charge is 0.367 e. The lowest BCUT2D eigenvalue weighted by atomic mass is 10.2. The van der Waals surface area contributed by atoms with Gasteiger partial charge in [-0.2, -0.15) is 0 Å². The number of hydrogen-bond acceptors (Lipinski definition) is 3. The molecule has 0 saturated carbocycles. The van der Waals surface area contributed by atoms with Crippen molar-refractivity contribution in [2.75, 3.05) is 18.0 Å². The zero-order valence-electron chi connectivity index (χ0n) is 9.10. The molecule has 1 aliphatic heterocycles. The molecule has 2 rings (SSSR count). The van der Waals surface area contributed by atoms with Gasteiger partial charge < -0.3 is 16.0 Å². The molecule has 86 valence electrons. The lowest BCUT2D eigenvalue weighted by Crippen LogP contribution is -2.42. The summed E-state index contributed by atoms with van der Waals surface area (Å²) in [6, 6.07) is 3.86. The van der Waals surface area contributed by atoms with E-state index in [4.69, 9.17) is 5.73 Å². The number of hydrogen-bond donors (Lipinski definition) is 2. The summed E-state index contributed by atoms with van der Waals surface area (Å²) in [5, 5.41) is 2.67. The Hall–Kier alpha value is -1.78. The van der Waals surface area contributed by atoms with Crippen molar-refractivity contribution in [2.45, 2.75) is 18.9 Å². The number of nitrogens with zero attached hydrogens (tertiary/aromatic N) is 2. The Morgan fingerprint density at radius 2 is 2.31 bits per heavy atom. The smallest absolute Gasteiger partial charge is 0.312 e. The SMILES string of the molecule is NC(=O)NC[C@H]1CCCN1c1ccncc1. The van der Waals surface area contributed by atoms with Crippen molar-refractivity contribution in [3.05, 3.63) is 24.5 Å². The van der Waals surface area contributed by atoms with Crippen LogP contribution in [0.4, 0.5) is 10.5 Å². The maximum atomic E-state index is 10.7. The first-order valence-electron chi connectivity index (χ1n) is 5.47. The van der Waals surface area contributed by atoms with E-state index < -0.39 is 6.03 Å². The minimum Gasteiger partial charge on any atom is -0.367 e. The average molecular weight is 220 g/mol. The molecule has 1 fully saturated rings. The van der Waals surface area contributed by atoms with Gasteiger partial charge in [0.15, 0.2) is 0 Å². The van der Waals surface area contributed by atoms with Gasteiger partial charge in [-0.3, -0.25) is 4.98 Å². The van der Waals surface area contributed by atoms with Crippen LogP contribution in [-0.4, -0.2) is 30.1 Å². The quantitative estimate of drug-likeness (QED) is 0.788. The zero-order valence-corrected chi connectivity index (χ0v) is 9.10. The van der Waals surface area contributed by atoms with Crippen LogP contribution in [0, 0.1) is 0 Å². The van der Waals surface area contributed by atoms with Gasteiger partial charge in [0.1, 0.15) is 0 Å². The molecule has 2 amide bonds. The summed E-state index contributed by atoms with van der Waals surface area (Å²) in [6.07, 6.45) is 5.80. The van der Waals surface area contributed by atoms with Crippen molar-refractivity contribution in [1.82, 2.24) is 10.3 Å². The lowest BCUT2D eigenvalue weighted by molar-refractivity contribution is 0.248. The van der Waals surface area contributed by atoms with Crippen molar-refractivity contribution >= 4 is 11.7 Å². The van der Waals surface area contributed by atoms with Crippen LogP contribution in [0.1, 0.15) is 12.8 Å². The standard InChI is InChI=1S/C11H16N4O/c12-11(16)14-8-10-2-1-7-15(10)9-3-5-13-6-4-9/h3-6,10H,1-2,7-8H2,(H3,12,14,16)/t10-/m1/s1. The van der Waals surface area contributed by atoms with Crippen LogP contribution in [0.15, 0.2) is 24.5 Å². The second-order valence-electron chi connectivity index (χ2n) is 3.94. The fraction of sp³-hybridized carbons (Fsp3) is 0.455.